The van der Waals surface area contributed by atoms with E-state index in [2.05, 4.69) is 15.6 Å². The molecular formula is C18H23Cl2F3N4O. The Morgan fingerprint density at radius 2 is 1.89 bits per heavy atom. The van der Waals surface area contributed by atoms with Gasteiger partial charge in [0.05, 0.1) is 5.52 Å². The second-order valence-corrected chi connectivity index (χ2v) is 6.39. The Bertz CT molecular complexity index is 798. The third-order valence-corrected chi connectivity index (χ3v) is 4.58. The van der Waals surface area contributed by atoms with E-state index in [4.69, 9.17) is 0 Å². The standard InChI is InChI=1S/C18H21F3N4O.2ClH/c1-12-10-15(24-14-5-3-2-4-13(12)14)17(26)23-11-16(18(19,20)21)25-8-6-22-7-9-25;;/h2-5,10,16,22H,6-9,11H2,1H3,(H,23,26);2*1H. The van der Waals surface area contributed by atoms with E-state index < -0.39 is 24.7 Å². The lowest BCUT2D eigenvalue weighted by Gasteiger charge is -2.35. The van der Waals surface area contributed by atoms with Crippen LogP contribution >= 0.6 is 24.8 Å². The van der Waals surface area contributed by atoms with Crippen molar-refractivity contribution >= 4 is 41.6 Å². The molecule has 1 aliphatic heterocycles. The number of pyridine rings is 1. The van der Waals surface area contributed by atoms with Gasteiger partial charge in [0, 0.05) is 38.1 Å². The summed E-state index contributed by atoms with van der Waals surface area (Å²) in [6.07, 6.45) is -4.41. The number of carbonyl (C=O) groups excluding carboxylic acids is 1. The number of piperazine rings is 1. The van der Waals surface area contributed by atoms with E-state index in [1.807, 2.05) is 19.1 Å². The number of rotatable bonds is 4. The first-order valence-corrected chi connectivity index (χ1v) is 8.52. The summed E-state index contributed by atoms with van der Waals surface area (Å²) in [4.78, 5) is 18.0. The van der Waals surface area contributed by atoms with Crippen LogP contribution in [-0.2, 0) is 0 Å². The summed E-state index contributed by atoms with van der Waals surface area (Å²) >= 11 is 0. The maximum absolute atomic E-state index is 13.4. The highest BCUT2D eigenvalue weighted by Gasteiger charge is 2.43. The fourth-order valence-electron chi connectivity index (χ4n) is 3.19. The molecule has 2 heterocycles. The van der Waals surface area contributed by atoms with Gasteiger partial charge in [0.15, 0.2) is 0 Å². The Hall–Kier alpha value is -1.61. The van der Waals surface area contributed by atoms with E-state index in [-0.39, 0.29) is 30.5 Å². The van der Waals surface area contributed by atoms with Crippen molar-refractivity contribution in [3.8, 4) is 0 Å². The van der Waals surface area contributed by atoms with Crippen LogP contribution in [0.4, 0.5) is 13.2 Å². The third-order valence-electron chi connectivity index (χ3n) is 4.58. The molecule has 0 bridgehead atoms. The Labute approximate surface area is 173 Å². The summed E-state index contributed by atoms with van der Waals surface area (Å²) in [6, 6.07) is 7.25. The zero-order chi connectivity index (χ0) is 18.7. The molecule has 156 valence electrons. The summed E-state index contributed by atoms with van der Waals surface area (Å²) in [5.74, 6) is -0.594. The summed E-state index contributed by atoms with van der Waals surface area (Å²) in [5, 5.41) is 6.35. The number of hydrogen-bond acceptors (Lipinski definition) is 4. The van der Waals surface area contributed by atoms with E-state index in [1.165, 1.54) is 4.90 Å². The van der Waals surface area contributed by atoms with Crippen molar-refractivity contribution in [1.29, 1.82) is 0 Å². The van der Waals surface area contributed by atoms with Crippen LogP contribution in [0.15, 0.2) is 30.3 Å². The first-order chi connectivity index (χ1) is 12.4. The molecule has 0 saturated carbocycles. The number of alkyl halides is 3. The monoisotopic (exact) mass is 438 g/mol. The van der Waals surface area contributed by atoms with Crippen LogP contribution < -0.4 is 10.6 Å². The number of halogens is 5. The molecule has 28 heavy (non-hydrogen) atoms. The van der Waals surface area contributed by atoms with Gasteiger partial charge >= 0.3 is 6.18 Å². The molecule has 1 unspecified atom stereocenters. The van der Waals surface area contributed by atoms with Crippen LogP contribution in [0.25, 0.3) is 10.9 Å². The third kappa shape index (κ3) is 5.70. The van der Waals surface area contributed by atoms with E-state index in [0.717, 1.165) is 10.9 Å². The first-order valence-electron chi connectivity index (χ1n) is 8.52. The minimum absolute atomic E-state index is 0. The van der Waals surface area contributed by atoms with Crippen molar-refractivity contribution in [2.75, 3.05) is 32.7 Å². The molecule has 2 aromatic rings. The quantitative estimate of drug-likeness (QED) is 0.770. The van der Waals surface area contributed by atoms with E-state index in [1.54, 1.807) is 18.2 Å². The van der Waals surface area contributed by atoms with E-state index >= 15 is 0 Å². The van der Waals surface area contributed by atoms with Gasteiger partial charge in [-0.2, -0.15) is 13.2 Å². The Balaban J connectivity index is 0.00000196. The largest absolute Gasteiger partial charge is 0.405 e. The van der Waals surface area contributed by atoms with Gasteiger partial charge in [0.1, 0.15) is 11.7 Å². The van der Waals surface area contributed by atoms with E-state index in [9.17, 15) is 18.0 Å². The van der Waals surface area contributed by atoms with Gasteiger partial charge in [-0.1, -0.05) is 18.2 Å². The van der Waals surface area contributed by atoms with Gasteiger partial charge in [0.2, 0.25) is 0 Å². The van der Waals surface area contributed by atoms with Crippen LogP contribution in [0, 0.1) is 6.92 Å². The molecule has 2 N–H and O–H groups in total. The number of hydrogen-bond donors (Lipinski definition) is 2. The summed E-state index contributed by atoms with van der Waals surface area (Å²) in [7, 11) is 0. The maximum atomic E-state index is 13.4. The van der Waals surface area contributed by atoms with Gasteiger partial charge in [0.25, 0.3) is 5.91 Å². The molecule has 3 rings (SSSR count). The molecule has 1 amide bonds. The van der Waals surface area contributed by atoms with Crippen LogP contribution in [0.3, 0.4) is 0 Å². The number of fused-ring (bicyclic) bond motifs is 1. The molecule has 5 nitrogen and oxygen atoms in total. The number of aryl methyl sites for hydroxylation is 1. The normalized spacial score (nSPS) is 16.0. The summed E-state index contributed by atoms with van der Waals surface area (Å²) < 4.78 is 40.2. The molecule has 1 aromatic heterocycles. The summed E-state index contributed by atoms with van der Waals surface area (Å²) in [5.41, 5.74) is 1.63. The minimum Gasteiger partial charge on any atom is -0.349 e. The van der Waals surface area contributed by atoms with Crippen LogP contribution in [0.5, 0.6) is 0 Å². The van der Waals surface area contributed by atoms with Gasteiger partial charge in [-0.15, -0.1) is 24.8 Å². The smallest absolute Gasteiger partial charge is 0.349 e. The second-order valence-electron chi connectivity index (χ2n) is 6.39. The fraction of sp³-hybridized carbons (Fsp3) is 0.444. The number of nitrogens with zero attached hydrogens (tertiary/aromatic N) is 2. The first kappa shape index (κ1) is 24.4. The van der Waals surface area contributed by atoms with Crippen molar-refractivity contribution in [2.24, 2.45) is 0 Å². The highest BCUT2D eigenvalue weighted by Crippen LogP contribution is 2.25. The van der Waals surface area contributed by atoms with Crippen LogP contribution in [0.2, 0.25) is 0 Å². The lowest BCUT2D eigenvalue weighted by molar-refractivity contribution is -0.183. The van der Waals surface area contributed by atoms with Gasteiger partial charge in [-0.25, -0.2) is 4.98 Å². The Morgan fingerprint density at radius 3 is 2.54 bits per heavy atom. The van der Waals surface area contributed by atoms with Crippen molar-refractivity contribution in [3.63, 3.8) is 0 Å². The average Bonchev–Trinajstić information content (AvgIpc) is 2.61. The van der Waals surface area contributed by atoms with Crippen molar-refractivity contribution in [1.82, 2.24) is 20.5 Å². The molecule has 1 atom stereocenters. The average molecular weight is 439 g/mol. The Kier molecular flexibility index (Phi) is 8.94. The SMILES string of the molecule is Cc1cc(C(=O)NCC(N2CCNCC2)C(F)(F)F)nc2ccccc12.Cl.Cl. The molecule has 0 spiro atoms. The van der Waals surface area contributed by atoms with Gasteiger partial charge in [-0.05, 0) is 24.6 Å². The number of carbonyl (C=O) groups is 1. The lowest BCUT2D eigenvalue weighted by Crippen LogP contribution is -2.57. The maximum Gasteiger partial charge on any atom is 0.405 e. The molecule has 1 saturated heterocycles. The molecular weight excluding hydrogens is 416 g/mol. The zero-order valence-corrected chi connectivity index (χ0v) is 16.9. The van der Waals surface area contributed by atoms with Crippen molar-refractivity contribution in [3.05, 3.63) is 41.6 Å². The topological polar surface area (TPSA) is 57.3 Å². The predicted molar refractivity (Wildman–Crippen MR) is 108 cm³/mol. The minimum atomic E-state index is -4.41. The molecule has 1 fully saturated rings. The highest BCUT2D eigenvalue weighted by atomic mass is 35.5. The summed E-state index contributed by atoms with van der Waals surface area (Å²) in [6.45, 7) is 2.97. The molecule has 0 aliphatic carbocycles. The van der Waals surface area contributed by atoms with Gasteiger partial charge in [-0.3, -0.25) is 9.69 Å². The Morgan fingerprint density at radius 1 is 1.25 bits per heavy atom. The molecule has 10 heteroatoms. The van der Waals surface area contributed by atoms with Gasteiger partial charge < -0.3 is 10.6 Å². The predicted octanol–water partition coefficient (Wildman–Crippen LogP) is 2.95. The van der Waals surface area contributed by atoms with Crippen LogP contribution in [-0.4, -0.2) is 60.7 Å². The van der Waals surface area contributed by atoms with E-state index in [0.29, 0.717) is 31.7 Å². The molecule has 1 aromatic carbocycles. The lowest BCUT2D eigenvalue weighted by atomic mass is 10.1. The second kappa shape index (κ2) is 10.2. The van der Waals surface area contributed by atoms with Crippen molar-refractivity contribution < 1.29 is 18.0 Å². The fourth-order valence-corrected chi connectivity index (χ4v) is 3.19. The van der Waals surface area contributed by atoms with Crippen molar-refractivity contribution in [2.45, 2.75) is 19.1 Å². The van der Waals surface area contributed by atoms with Crippen LogP contribution in [0.1, 0.15) is 16.1 Å². The number of benzene rings is 1. The number of nitrogens with one attached hydrogen (secondary N) is 2. The molecule has 1 aliphatic rings. The molecule has 0 radical (unpaired) electrons. The highest BCUT2D eigenvalue weighted by molar-refractivity contribution is 5.95. The number of aromatic nitrogens is 1. The zero-order valence-electron chi connectivity index (χ0n) is 15.3. The number of para-hydroxylation sites is 1. The number of amides is 1.